The van der Waals surface area contributed by atoms with Crippen molar-refractivity contribution in [3.63, 3.8) is 0 Å². The van der Waals surface area contributed by atoms with Crippen molar-refractivity contribution in [1.29, 1.82) is 0 Å². The van der Waals surface area contributed by atoms with Crippen LogP contribution in [0.2, 0.25) is 0 Å². The van der Waals surface area contributed by atoms with Crippen molar-refractivity contribution in [2.24, 2.45) is 0 Å². The number of hydrogen-bond acceptors (Lipinski definition) is 5. The van der Waals surface area contributed by atoms with Gasteiger partial charge in [-0.3, -0.25) is 0 Å². The molecule has 0 saturated carbocycles. The highest BCUT2D eigenvalue weighted by molar-refractivity contribution is 7.91. The fourth-order valence-electron chi connectivity index (χ4n) is 2.57. The summed E-state index contributed by atoms with van der Waals surface area (Å²) in [7, 11) is -3.33. The highest BCUT2D eigenvalue weighted by atomic mass is 32.2. The van der Waals surface area contributed by atoms with E-state index in [9.17, 15) is 13.5 Å². The summed E-state index contributed by atoms with van der Waals surface area (Å²) in [6, 6.07) is 8.52. The van der Waals surface area contributed by atoms with E-state index in [1.54, 1.807) is 51.1 Å². The monoisotopic (exact) mass is 337 g/mol. The quantitative estimate of drug-likeness (QED) is 0.847. The lowest BCUT2D eigenvalue weighted by Crippen LogP contribution is -2.31. The zero-order chi connectivity index (χ0) is 17.3. The fraction of sp³-hybridized carbons (Fsp3) is 0.412. The summed E-state index contributed by atoms with van der Waals surface area (Å²) in [5, 5.41) is 13.8. The van der Waals surface area contributed by atoms with Gasteiger partial charge in [-0.15, -0.1) is 0 Å². The van der Waals surface area contributed by atoms with E-state index in [-0.39, 0.29) is 17.2 Å². The van der Waals surface area contributed by atoms with Gasteiger partial charge in [0.1, 0.15) is 17.1 Å². The molecule has 126 valence electrons. The molecule has 1 unspecified atom stereocenters. The molecule has 0 spiro atoms. The topological polar surface area (TPSA) is 79.5 Å². The Morgan fingerprint density at radius 1 is 1.26 bits per heavy atom. The normalized spacial score (nSPS) is 14.5. The lowest BCUT2D eigenvalue weighted by Gasteiger charge is -2.24. The molecule has 1 heterocycles. The fourth-order valence-corrected chi connectivity index (χ4v) is 3.64. The second kappa shape index (κ2) is 6.37. The molecular weight excluding hydrogens is 314 g/mol. The first kappa shape index (κ1) is 17.6. The van der Waals surface area contributed by atoms with Crippen LogP contribution in [0.25, 0.3) is 0 Å². The molecule has 1 aromatic carbocycles. The van der Waals surface area contributed by atoms with Crippen molar-refractivity contribution >= 4 is 15.5 Å². The molecule has 1 aromatic heterocycles. The number of furan rings is 1. The number of para-hydroxylation sites is 1. The second-order valence-electron chi connectivity index (χ2n) is 5.85. The summed E-state index contributed by atoms with van der Waals surface area (Å²) in [5.41, 5.74) is 0.0103. The Bertz CT molecular complexity index is 791. The summed E-state index contributed by atoms with van der Waals surface area (Å²) in [6.07, 6.45) is 0. The van der Waals surface area contributed by atoms with Crippen molar-refractivity contribution in [2.45, 2.75) is 38.2 Å². The Labute approximate surface area is 137 Å². The molecule has 2 N–H and O–H groups in total. The number of rotatable bonds is 6. The lowest BCUT2D eigenvalue weighted by atomic mass is 9.96. The third-order valence-corrected chi connectivity index (χ3v) is 5.63. The molecule has 5 nitrogen and oxygen atoms in total. The van der Waals surface area contributed by atoms with Gasteiger partial charge in [-0.25, -0.2) is 8.42 Å². The van der Waals surface area contributed by atoms with Crippen LogP contribution in [0.15, 0.2) is 39.6 Å². The summed E-state index contributed by atoms with van der Waals surface area (Å²) in [6.45, 7) is 7.08. The van der Waals surface area contributed by atoms with Crippen LogP contribution in [0.4, 0.5) is 5.69 Å². The molecule has 0 bridgehead atoms. The van der Waals surface area contributed by atoms with Crippen molar-refractivity contribution in [2.75, 3.05) is 17.6 Å². The first-order chi connectivity index (χ1) is 10.7. The minimum absolute atomic E-state index is 0.0299. The molecule has 23 heavy (non-hydrogen) atoms. The van der Waals surface area contributed by atoms with Crippen LogP contribution in [-0.2, 0) is 15.4 Å². The Kier molecular flexibility index (Phi) is 4.87. The molecule has 0 saturated heterocycles. The first-order valence-electron chi connectivity index (χ1n) is 7.53. The Hall–Kier alpha value is -1.79. The zero-order valence-electron chi connectivity index (χ0n) is 13.9. The van der Waals surface area contributed by atoms with E-state index in [1.807, 2.05) is 6.92 Å². The van der Waals surface area contributed by atoms with E-state index in [1.165, 1.54) is 0 Å². The van der Waals surface area contributed by atoms with Crippen LogP contribution < -0.4 is 5.32 Å². The first-order valence-corrected chi connectivity index (χ1v) is 9.18. The molecular formula is C17H23NO4S. The van der Waals surface area contributed by atoms with E-state index in [2.05, 4.69) is 5.32 Å². The molecule has 0 radical (unpaired) electrons. The number of nitrogens with one attached hydrogen (secondary N) is 1. The summed E-state index contributed by atoms with van der Waals surface area (Å²) in [4.78, 5) is 0.249. The van der Waals surface area contributed by atoms with Crippen LogP contribution in [0.5, 0.6) is 0 Å². The number of aryl methyl sites for hydroxylation is 2. The smallest absolute Gasteiger partial charge is 0.180 e. The van der Waals surface area contributed by atoms with Crippen LogP contribution >= 0.6 is 0 Å². The third kappa shape index (κ3) is 3.76. The van der Waals surface area contributed by atoms with E-state index >= 15 is 0 Å². The van der Waals surface area contributed by atoms with Gasteiger partial charge in [-0.05, 0) is 39.0 Å². The van der Waals surface area contributed by atoms with Gasteiger partial charge < -0.3 is 14.8 Å². The maximum atomic E-state index is 12.2. The van der Waals surface area contributed by atoms with Crippen LogP contribution in [0.1, 0.15) is 30.9 Å². The Morgan fingerprint density at radius 3 is 2.48 bits per heavy atom. The number of sulfone groups is 1. The summed E-state index contributed by atoms with van der Waals surface area (Å²) < 4.78 is 29.8. The van der Waals surface area contributed by atoms with Crippen LogP contribution in [-0.4, -0.2) is 25.8 Å². The summed E-state index contributed by atoms with van der Waals surface area (Å²) >= 11 is 0. The minimum Gasteiger partial charge on any atom is -0.466 e. The maximum Gasteiger partial charge on any atom is 0.180 e. The van der Waals surface area contributed by atoms with E-state index < -0.39 is 15.4 Å². The molecule has 2 aromatic rings. The van der Waals surface area contributed by atoms with Gasteiger partial charge in [-0.2, -0.15) is 0 Å². The largest absolute Gasteiger partial charge is 0.466 e. The molecule has 2 rings (SSSR count). The predicted octanol–water partition coefficient (Wildman–Crippen LogP) is 3.01. The number of hydrogen-bond donors (Lipinski definition) is 2. The number of aliphatic hydroxyl groups is 1. The van der Waals surface area contributed by atoms with Crippen molar-refractivity contribution in [3.8, 4) is 0 Å². The number of benzene rings is 1. The van der Waals surface area contributed by atoms with E-state index in [0.717, 1.165) is 5.76 Å². The van der Waals surface area contributed by atoms with Gasteiger partial charge in [0.15, 0.2) is 9.84 Å². The average Bonchev–Trinajstić information content (AvgIpc) is 2.85. The van der Waals surface area contributed by atoms with E-state index in [4.69, 9.17) is 4.42 Å². The van der Waals surface area contributed by atoms with Gasteiger partial charge in [0.05, 0.1) is 16.3 Å². The molecule has 0 fully saturated rings. The third-order valence-electron chi connectivity index (χ3n) is 3.85. The van der Waals surface area contributed by atoms with Crippen LogP contribution in [0, 0.1) is 13.8 Å². The predicted molar refractivity (Wildman–Crippen MR) is 90.4 cm³/mol. The van der Waals surface area contributed by atoms with Gasteiger partial charge in [0, 0.05) is 12.1 Å². The summed E-state index contributed by atoms with van der Waals surface area (Å²) in [5.74, 6) is 1.41. The molecule has 6 heteroatoms. The lowest BCUT2D eigenvalue weighted by molar-refractivity contribution is 0.0699. The van der Waals surface area contributed by atoms with Gasteiger partial charge in [-0.1, -0.05) is 19.1 Å². The highest BCUT2D eigenvalue weighted by Gasteiger charge is 2.28. The van der Waals surface area contributed by atoms with Gasteiger partial charge in [0.25, 0.3) is 0 Å². The van der Waals surface area contributed by atoms with Crippen molar-refractivity contribution < 1.29 is 17.9 Å². The average molecular weight is 337 g/mol. The SMILES string of the molecule is CCS(=O)(=O)c1ccccc1NCC(C)(O)c1cc(C)oc1C. The molecule has 0 aliphatic heterocycles. The van der Waals surface area contributed by atoms with Crippen molar-refractivity contribution in [1.82, 2.24) is 0 Å². The van der Waals surface area contributed by atoms with Crippen molar-refractivity contribution in [3.05, 3.63) is 47.4 Å². The highest BCUT2D eigenvalue weighted by Crippen LogP contribution is 2.29. The molecule has 1 atom stereocenters. The van der Waals surface area contributed by atoms with Crippen LogP contribution in [0.3, 0.4) is 0 Å². The second-order valence-corrected chi connectivity index (χ2v) is 8.10. The molecule has 0 aliphatic rings. The minimum atomic E-state index is -3.33. The standard InChI is InChI=1S/C17H23NO4S/c1-5-23(20,21)16-9-7-6-8-15(16)18-11-17(4,19)14-10-12(2)22-13(14)3/h6-10,18-19H,5,11H2,1-4H3. The Balaban J connectivity index is 2.26. The maximum absolute atomic E-state index is 12.2. The molecule has 0 amide bonds. The Morgan fingerprint density at radius 2 is 1.91 bits per heavy atom. The zero-order valence-corrected chi connectivity index (χ0v) is 14.7. The van der Waals surface area contributed by atoms with Gasteiger partial charge in [0.2, 0.25) is 0 Å². The molecule has 0 aliphatic carbocycles. The number of anilines is 1. The van der Waals surface area contributed by atoms with E-state index in [0.29, 0.717) is 17.0 Å². The van der Waals surface area contributed by atoms with Gasteiger partial charge >= 0.3 is 0 Å².